The summed E-state index contributed by atoms with van der Waals surface area (Å²) < 4.78 is 0. The third-order valence-corrected chi connectivity index (χ3v) is 16.4. The van der Waals surface area contributed by atoms with Gasteiger partial charge in [0.05, 0.1) is 36.0 Å². The van der Waals surface area contributed by atoms with Gasteiger partial charge in [-0.3, -0.25) is 52.7 Å². The molecular weight excluding hydrogens is 1160 g/mol. The molecule has 90 heavy (non-hydrogen) atoms. The molecule has 0 aliphatic rings. The SMILES string of the molecule is CCC(C)[C@H](NC(=O)[C@H](C(C)C)N(C)C(=O)[C@H](C(C)C)N(C)C(=O)[C@H](C(C)C)N(C)C(=O)[C@@H](NC(=O)[C@H](C(C)C)N(C)C(=O)[C@H]([C@H](C)O)N(C)C(=O)[C@@H](NC(=O)[C@H](C)N)[C@H](C)O)C(C)C)C(=O)N(C)[C@H](C(=O)N(C)CC(=O)Nc1ccccc1C(=O)O)C(C)C. The minimum Gasteiger partial charge on any atom is -0.478 e. The van der Waals surface area contributed by atoms with Crippen LogP contribution in [0.3, 0.4) is 0 Å². The number of rotatable bonds is 33. The first-order valence-electron chi connectivity index (χ1n) is 30.9. The molecule has 27 nitrogen and oxygen atoms in total. The molecule has 0 bridgehead atoms. The predicted molar refractivity (Wildman–Crippen MR) is 340 cm³/mol. The van der Waals surface area contributed by atoms with Gasteiger partial charge in [0, 0.05) is 49.3 Å². The number of carbonyl (C=O) groups excluding carboxylic acids is 11. The first-order chi connectivity index (χ1) is 41.4. The minimum atomic E-state index is -1.62. The van der Waals surface area contributed by atoms with Crippen LogP contribution in [0.1, 0.15) is 134 Å². The number of nitrogens with two attached hydrogens (primary N) is 1. The van der Waals surface area contributed by atoms with E-state index in [9.17, 15) is 68.1 Å². The first kappa shape index (κ1) is 80.8. The Kier molecular flexibility index (Phi) is 31.7. The summed E-state index contributed by atoms with van der Waals surface area (Å²) in [5, 5.41) is 41.6. The Hall–Kier alpha value is -7.26. The quantitative estimate of drug-likeness (QED) is 0.0492. The number of aliphatic hydroxyl groups excluding tert-OH is 2. The Morgan fingerprint density at radius 2 is 0.756 bits per heavy atom. The summed E-state index contributed by atoms with van der Waals surface area (Å²) >= 11 is 0. The van der Waals surface area contributed by atoms with Gasteiger partial charge in [-0.1, -0.05) is 115 Å². The monoisotopic (exact) mass is 1270 g/mol. The highest BCUT2D eigenvalue weighted by molar-refractivity contribution is 6.03. The van der Waals surface area contributed by atoms with Gasteiger partial charge in [0.2, 0.25) is 65.0 Å². The predicted octanol–water partition coefficient (Wildman–Crippen LogP) is 1.29. The number of nitrogens with one attached hydrogen (secondary N) is 4. The van der Waals surface area contributed by atoms with E-state index in [1.807, 2.05) is 6.92 Å². The second kappa shape index (κ2) is 35.4. The molecule has 27 heteroatoms. The van der Waals surface area contributed by atoms with Crippen LogP contribution in [0.2, 0.25) is 0 Å². The van der Waals surface area contributed by atoms with Crippen molar-refractivity contribution >= 4 is 76.6 Å². The third kappa shape index (κ3) is 20.6. The van der Waals surface area contributed by atoms with Crippen LogP contribution >= 0.6 is 0 Å². The molecule has 11 amide bonds. The number of carboxylic acid groups (broad SMARTS) is 1. The second-order valence-electron chi connectivity index (χ2n) is 26.0. The van der Waals surface area contributed by atoms with E-state index in [-0.39, 0.29) is 11.3 Å². The lowest BCUT2D eigenvalue weighted by molar-refractivity contribution is -0.156. The fourth-order valence-corrected chi connectivity index (χ4v) is 11.2. The highest BCUT2D eigenvalue weighted by atomic mass is 16.4. The summed E-state index contributed by atoms with van der Waals surface area (Å²) in [5.74, 6) is -13.1. The number of aliphatic hydroxyl groups is 2. The minimum absolute atomic E-state index is 0.0358. The van der Waals surface area contributed by atoms with Crippen molar-refractivity contribution in [3.05, 3.63) is 29.8 Å². The molecule has 0 fully saturated rings. The molecule has 1 rings (SSSR count). The molecule has 9 N–H and O–H groups in total. The Bertz CT molecular complexity index is 2680. The molecule has 0 spiro atoms. The highest BCUT2D eigenvalue weighted by Crippen LogP contribution is 2.25. The summed E-state index contributed by atoms with van der Waals surface area (Å²) in [7, 11) is 9.56. The number of amides is 11. The van der Waals surface area contributed by atoms with Crippen molar-refractivity contribution in [3.63, 3.8) is 0 Å². The van der Waals surface area contributed by atoms with Crippen molar-refractivity contribution in [1.29, 1.82) is 0 Å². The van der Waals surface area contributed by atoms with Crippen molar-refractivity contribution < 1.29 is 72.9 Å². The largest absolute Gasteiger partial charge is 0.478 e. The lowest BCUT2D eigenvalue weighted by atomic mass is 9.93. The van der Waals surface area contributed by atoms with E-state index in [0.29, 0.717) is 6.42 Å². The topological polar surface area (TPSA) is 362 Å². The highest BCUT2D eigenvalue weighted by Gasteiger charge is 2.46. The molecule has 0 saturated carbocycles. The van der Waals surface area contributed by atoms with Gasteiger partial charge in [0.1, 0.15) is 54.4 Å². The molecule has 0 aromatic heterocycles. The van der Waals surface area contributed by atoms with Crippen LogP contribution in [0.25, 0.3) is 0 Å². The van der Waals surface area contributed by atoms with Gasteiger partial charge >= 0.3 is 5.97 Å². The zero-order chi connectivity index (χ0) is 70.2. The van der Waals surface area contributed by atoms with Crippen LogP contribution in [-0.2, 0) is 52.7 Å². The summed E-state index contributed by atoms with van der Waals surface area (Å²) in [4.78, 5) is 176. The summed E-state index contributed by atoms with van der Waals surface area (Å²) in [6.07, 6.45) is -2.56. The van der Waals surface area contributed by atoms with Gasteiger partial charge in [0.15, 0.2) is 0 Å². The number of benzene rings is 1. The Morgan fingerprint density at radius 1 is 0.422 bits per heavy atom. The average Bonchev–Trinajstić information content (AvgIpc) is 1.01. The van der Waals surface area contributed by atoms with Gasteiger partial charge in [-0.25, -0.2) is 4.79 Å². The maximum absolute atomic E-state index is 15.0. The summed E-state index contributed by atoms with van der Waals surface area (Å²) in [6.45, 7) is 27.4. The van der Waals surface area contributed by atoms with Gasteiger partial charge in [-0.05, 0) is 74.3 Å². The Morgan fingerprint density at radius 3 is 1.12 bits per heavy atom. The van der Waals surface area contributed by atoms with E-state index in [0.717, 1.165) is 14.7 Å². The molecule has 0 saturated heterocycles. The molecule has 0 aliphatic heterocycles. The lowest BCUT2D eigenvalue weighted by Gasteiger charge is -2.42. The van der Waals surface area contributed by atoms with E-state index in [1.54, 1.807) is 96.1 Å². The van der Waals surface area contributed by atoms with E-state index < -0.39 is 192 Å². The maximum atomic E-state index is 15.0. The van der Waals surface area contributed by atoms with Crippen molar-refractivity contribution in [2.24, 2.45) is 47.2 Å². The molecule has 1 aromatic carbocycles. The molecular formula is C63H108N12O15. The van der Waals surface area contributed by atoms with Crippen LogP contribution in [0.4, 0.5) is 5.69 Å². The van der Waals surface area contributed by atoms with E-state index >= 15 is 4.79 Å². The van der Waals surface area contributed by atoms with E-state index in [2.05, 4.69) is 21.3 Å². The average molecular weight is 1270 g/mol. The standard InChI is InChI=1S/C63H108N12O15/c1-25-37(14)45(57(83)72(21)49(34(8)9)59(85)69(18)30-43(78)65-42-29-27-26-28-41(42)63(89)90)67-55(81)48(33(6)7)70(19)60(86)51(36(12)13)74(23)61(87)50(35(10)11)73(22)56(82)44(31(2)3)66-54(80)47(32(4)5)71(20)62(88)52(40(17)77)75(24)58(84)46(39(16)76)68-53(79)38(15)64/h26-29,31-40,44-52,76-77H,25,30,64H2,1-24H3,(H,65,78)(H,66,80)(H,67,81)(H,68,79)(H,89,90)/t37?,38-,39-,40-,44-,45-,46-,47-,48-,49-,50-,51-,52-/m0/s1. The number of aromatic carboxylic acids is 1. The van der Waals surface area contributed by atoms with Gasteiger partial charge in [0.25, 0.3) is 0 Å². The molecule has 13 atom stereocenters. The van der Waals surface area contributed by atoms with Crippen molar-refractivity contribution in [1.82, 2.24) is 50.2 Å². The smallest absolute Gasteiger partial charge is 0.337 e. The maximum Gasteiger partial charge on any atom is 0.337 e. The van der Waals surface area contributed by atoms with Crippen LogP contribution in [0.5, 0.6) is 0 Å². The molecule has 1 aromatic rings. The molecule has 0 aliphatic carbocycles. The Labute approximate surface area is 532 Å². The third-order valence-electron chi connectivity index (χ3n) is 16.4. The van der Waals surface area contributed by atoms with Gasteiger partial charge < -0.3 is 76.6 Å². The molecule has 510 valence electrons. The molecule has 0 radical (unpaired) electrons. The number of nitrogens with zero attached hydrogens (tertiary/aromatic N) is 7. The number of carboxylic acids is 1. The molecule has 1 unspecified atom stereocenters. The number of hydrogen-bond donors (Lipinski definition) is 8. The van der Waals surface area contributed by atoms with Gasteiger partial charge in [-0.15, -0.1) is 0 Å². The van der Waals surface area contributed by atoms with Crippen molar-refractivity contribution in [3.8, 4) is 0 Å². The number of likely N-dealkylation sites (N-methyl/N-ethyl adjacent to an activating group) is 7. The normalized spacial score (nSPS) is 16.0. The number of para-hydroxylation sites is 1. The lowest BCUT2D eigenvalue weighted by Crippen LogP contribution is -2.64. The Balaban J connectivity index is 3.61. The summed E-state index contributed by atoms with van der Waals surface area (Å²) in [5.41, 5.74) is 5.56. The van der Waals surface area contributed by atoms with Crippen molar-refractivity contribution in [2.45, 2.75) is 197 Å². The van der Waals surface area contributed by atoms with Gasteiger partial charge in [-0.2, -0.15) is 0 Å². The van der Waals surface area contributed by atoms with Crippen LogP contribution in [-0.4, -0.2) is 249 Å². The zero-order valence-electron chi connectivity index (χ0n) is 57.6. The second-order valence-corrected chi connectivity index (χ2v) is 26.0. The van der Waals surface area contributed by atoms with E-state index in [4.69, 9.17) is 5.73 Å². The van der Waals surface area contributed by atoms with Crippen molar-refractivity contribution in [2.75, 3.05) is 61.2 Å². The number of carbonyl (C=O) groups is 12. The van der Waals surface area contributed by atoms with Crippen LogP contribution < -0.4 is 27.0 Å². The fourth-order valence-electron chi connectivity index (χ4n) is 11.2. The molecule has 0 heterocycles. The van der Waals surface area contributed by atoms with Crippen LogP contribution in [0.15, 0.2) is 24.3 Å². The van der Waals surface area contributed by atoms with Crippen LogP contribution in [0, 0.1) is 41.4 Å². The zero-order valence-corrected chi connectivity index (χ0v) is 57.6. The number of hydrogen-bond acceptors (Lipinski definition) is 15. The fraction of sp³-hybridized carbons (Fsp3) is 0.714. The number of anilines is 1. The first-order valence-corrected chi connectivity index (χ1v) is 30.9. The summed E-state index contributed by atoms with van der Waals surface area (Å²) in [6, 6.07) is -7.00. The van der Waals surface area contributed by atoms with E-state index in [1.165, 1.54) is 108 Å².